The standard InChI is InChI=1S/C19H21N5O2/c25-19(22-15-6-4-7-16(12-15)23-13-20-21-14-23)24-10-3-1-2-8-17(24)18-9-5-11-26-18/h4-7,9,11-14,17H,1-3,8,10H2,(H,22,25)/t17-/m0/s1. The molecule has 1 aromatic carbocycles. The quantitative estimate of drug-likeness (QED) is 0.773. The summed E-state index contributed by atoms with van der Waals surface area (Å²) >= 11 is 0. The van der Waals surface area contributed by atoms with Gasteiger partial charge in [-0.1, -0.05) is 18.9 Å². The van der Waals surface area contributed by atoms with E-state index in [0.717, 1.165) is 49.4 Å². The van der Waals surface area contributed by atoms with Gasteiger partial charge in [0.15, 0.2) is 0 Å². The van der Waals surface area contributed by atoms with Gasteiger partial charge in [0.25, 0.3) is 0 Å². The lowest BCUT2D eigenvalue weighted by Crippen LogP contribution is -2.37. The maximum atomic E-state index is 13.0. The number of nitrogens with one attached hydrogen (secondary N) is 1. The van der Waals surface area contributed by atoms with Gasteiger partial charge in [-0.05, 0) is 43.2 Å². The molecule has 7 nitrogen and oxygen atoms in total. The lowest BCUT2D eigenvalue weighted by molar-refractivity contribution is 0.179. The van der Waals surface area contributed by atoms with Crippen LogP contribution >= 0.6 is 0 Å². The van der Waals surface area contributed by atoms with Crippen LogP contribution in [0.15, 0.2) is 59.7 Å². The minimum Gasteiger partial charge on any atom is -0.467 e. The minimum absolute atomic E-state index is 0.0199. The average molecular weight is 351 g/mol. The van der Waals surface area contributed by atoms with Crippen LogP contribution in [0.4, 0.5) is 10.5 Å². The summed E-state index contributed by atoms with van der Waals surface area (Å²) in [6, 6.07) is 11.3. The second kappa shape index (κ2) is 7.43. The number of carbonyl (C=O) groups excluding carboxylic acids is 1. The zero-order chi connectivity index (χ0) is 17.8. The highest BCUT2D eigenvalue weighted by Gasteiger charge is 2.28. The van der Waals surface area contributed by atoms with Gasteiger partial charge in [0.05, 0.1) is 18.0 Å². The maximum Gasteiger partial charge on any atom is 0.322 e. The van der Waals surface area contributed by atoms with E-state index in [1.54, 1.807) is 23.5 Å². The molecule has 26 heavy (non-hydrogen) atoms. The summed E-state index contributed by atoms with van der Waals surface area (Å²) in [6.07, 6.45) is 9.07. The molecular weight excluding hydrogens is 330 g/mol. The van der Waals surface area contributed by atoms with Crippen molar-refractivity contribution in [3.8, 4) is 5.69 Å². The van der Waals surface area contributed by atoms with Crippen LogP contribution in [-0.2, 0) is 0 Å². The Hall–Kier alpha value is -3.09. The summed E-state index contributed by atoms with van der Waals surface area (Å²) in [5.74, 6) is 0.847. The molecule has 1 N–H and O–H groups in total. The number of amides is 2. The number of hydrogen-bond donors (Lipinski definition) is 1. The second-order valence-electron chi connectivity index (χ2n) is 6.42. The fourth-order valence-corrected chi connectivity index (χ4v) is 3.40. The van der Waals surface area contributed by atoms with Crippen molar-refractivity contribution in [2.75, 3.05) is 11.9 Å². The molecule has 1 aliphatic heterocycles. The van der Waals surface area contributed by atoms with Crippen molar-refractivity contribution >= 4 is 11.7 Å². The topological polar surface area (TPSA) is 76.2 Å². The summed E-state index contributed by atoms with van der Waals surface area (Å²) in [6.45, 7) is 0.725. The highest BCUT2D eigenvalue weighted by atomic mass is 16.3. The van der Waals surface area contributed by atoms with Crippen LogP contribution < -0.4 is 5.32 Å². The third-order valence-electron chi connectivity index (χ3n) is 4.70. The Morgan fingerprint density at radius 1 is 1.12 bits per heavy atom. The van der Waals surface area contributed by atoms with Crippen LogP contribution in [0.3, 0.4) is 0 Å². The first-order valence-corrected chi connectivity index (χ1v) is 8.87. The van der Waals surface area contributed by atoms with E-state index in [9.17, 15) is 4.79 Å². The van der Waals surface area contributed by atoms with Gasteiger partial charge in [0.1, 0.15) is 18.4 Å². The number of hydrogen-bond acceptors (Lipinski definition) is 4. The van der Waals surface area contributed by atoms with Crippen molar-refractivity contribution in [3.05, 3.63) is 61.1 Å². The van der Waals surface area contributed by atoms with E-state index >= 15 is 0 Å². The average Bonchev–Trinajstić information content (AvgIpc) is 3.32. The van der Waals surface area contributed by atoms with Crippen molar-refractivity contribution in [1.29, 1.82) is 0 Å². The van der Waals surface area contributed by atoms with E-state index in [1.165, 1.54) is 0 Å². The number of furan rings is 1. The van der Waals surface area contributed by atoms with E-state index in [-0.39, 0.29) is 12.1 Å². The predicted molar refractivity (Wildman–Crippen MR) is 97.0 cm³/mol. The number of likely N-dealkylation sites (tertiary alicyclic amines) is 1. The molecule has 1 fully saturated rings. The molecule has 0 spiro atoms. The van der Waals surface area contributed by atoms with Crippen LogP contribution in [0.25, 0.3) is 5.69 Å². The van der Waals surface area contributed by atoms with Gasteiger partial charge in [-0.2, -0.15) is 0 Å². The molecule has 2 aromatic heterocycles. The molecule has 0 aliphatic carbocycles. The molecule has 7 heteroatoms. The van der Waals surface area contributed by atoms with Crippen LogP contribution in [0.2, 0.25) is 0 Å². The van der Waals surface area contributed by atoms with E-state index in [2.05, 4.69) is 15.5 Å². The molecular formula is C19H21N5O2. The zero-order valence-electron chi connectivity index (χ0n) is 14.4. The van der Waals surface area contributed by atoms with Gasteiger partial charge >= 0.3 is 6.03 Å². The summed E-state index contributed by atoms with van der Waals surface area (Å²) in [5.41, 5.74) is 1.63. The summed E-state index contributed by atoms with van der Waals surface area (Å²) in [4.78, 5) is 14.9. The van der Waals surface area contributed by atoms with Crippen molar-refractivity contribution in [2.45, 2.75) is 31.7 Å². The first-order valence-electron chi connectivity index (χ1n) is 8.87. The van der Waals surface area contributed by atoms with E-state index in [4.69, 9.17) is 4.42 Å². The van der Waals surface area contributed by atoms with Crippen LogP contribution in [0.1, 0.15) is 37.5 Å². The Balaban J connectivity index is 1.53. The number of nitrogens with zero attached hydrogens (tertiary/aromatic N) is 4. The summed E-state index contributed by atoms with van der Waals surface area (Å²) in [5, 5.41) is 10.7. The maximum absolute atomic E-state index is 13.0. The van der Waals surface area contributed by atoms with E-state index in [0.29, 0.717) is 0 Å². The smallest absolute Gasteiger partial charge is 0.322 e. The van der Waals surface area contributed by atoms with E-state index < -0.39 is 0 Å². The highest BCUT2D eigenvalue weighted by molar-refractivity contribution is 5.90. The predicted octanol–water partition coefficient (Wildman–Crippen LogP) is 4.01. The van der Waals surface area contributed by atoms with Crippen LogP contribution in [-0.4, -0.2) is 32.2 Å². The molecule has 134 valence electrons. The monoisotopic (exact) mass is 351 g/mol. The molecule has 0 saturated carbocycles. The normalized spacial score (nSPS) is 17.7. The number of anilines is 1. The Morgan fingerprint density at radius 2 is 2.00 bits per heavy atom. The third kappa shape index (κ3) is 3.46. The van der Waals surface area contributed by atoms with Gasteiger partial charge in [0, 0.05) is 12.2 Å². The largest absolute Gasteiger partial charge is 0.467 e. The fourth-order valence-electron chi connectivity index (χ4n) is 3.40. The molecule has 0 unspecified atom stereocenters. The van der Waals surface area contributed by atoms with Gasteiger partial charge in [0.2, 0.25) is 0 Å². The Labute approximate surface area is 151 Å². The van der Waals surface area contributed by atoms with Gasteiger partial charge < -0.3 is 14.6 Å². The molecule has 1 atom stereocenters. The molecule has 1 aliphatic rings. The second-order valence-corrected chi connectivity index (χ2v) is 6.42. The SMILES string of the molecule is O=C(Nc1cccc(-n2cnnc2)c1)N1CCCCC[C@H]1c1ccco1. The van der Waals surface area contributed by atoms with Crippen LogP contribution in [0.5, 0.6) is 0 Å². The van der Waals surface area contributed by atoms with Gasteiger partial charge in [-0.25, -0.2) is 4.79 Å². The molecule has 3 aromatic rings. The number of benzene rings is 1. The lowest BCUT2D eigenvalue weighted by Gasteiger charge is -2.28. The zero-order valence-corrected chi connectivity index (χ0v) is 14.4. The summed E-state index contributed by atoms with van der Waals surface area (Å²) in [7, 11) is 0. The highest BCUT2D eigenvalue weighted by Crippen LogP contribution is 2.31. The van der Waals surface area contributed by atoms with Crippen molar-refractivity contribution in [2.24, 2.45) is 0 Å². The first-order chi connectivity index (χ1) is 12.8. The Bertz CT molecular complexity index is 845. The fraction of sp³-hybridized carbons (Fsp3) is 0.316. The Kier molecular flexibility index (Phi) is 4.68. The molecule has 4 rings (SSSR count). The first kappa shape index (κ1) is 16.4. The van der Waals surface area contributed by atoms with Gasteiger partial charge in [-0.15, -0.1) is 10.2 Å². The number of rotatable bonds is 3. The molecule has 0 bridgehead atoms. The van der Waals surface area contributed by atoms with Crippen molar-refractivity contribution in [3.63, 3.8) is 0 Å². The molecule has 0 radical (unpaired) electrons. The third-order valence-corrected chi connectivity index (χ3v) is 4.70. The van der Waals surface area contributed by atoms with E-state index in [1.807, 2.05) is 41.3 Å². The number of aromatic nitrogens is 3. The number of urea groups is 1. The lowest BCUT2D eigenvalue weighted by atomic mass is 10.1. The molecule has 3 heterocycles. The number of carbonyl (C=O) groups is 1. The van der Waals surface area contributed by atoms with Crippen LogP contribution in [0, 0.1) is 0 Å². The summed E-state index contributed by atoms with van der Waals surface area (Å²) < 4.78 is 7.39. The Morgan fingerprint density at radius 3 is 2.81 bits per heavy atom. The molecule has 2 amide bonds. The molecule has 1 saturated heterocycles. The van der Waals surface area contributed by atoms with Crippen molar-refractivity contribution < 1.29 is 9.21 Å². The van der Waals surface area contributed by atoms with Gasteiger partial charge in [-0.3, -0.25) is 4.57 Å². The minimum atomic E-state index is -0.103. The van der Waals surface area contributed by atoms with Crippen molar-refractivity contribution in [1.82, 2.24) is 19.7 Å².